The maximum atomic E-state index is 11.9. The van der Waals surface area contributed by atoms with Crippen LogP contribution in [0.1, 0.15) is 45.4 Å². The molecule has 0 bridgehead atoms. The lowest BCUT2D eigenvalue weighted by Gasteiger charge is -2.02. The molecule has 2 aromatic rings. The van der Waals surface area contributed by atoms with Crippen LogP contribution in [0.5, 0.6) is 0 Å². The molecule has 0 spiro atoms. The van der Waals surface area contributed by atoms with E-state index in [0.717, 1.165) is 42.3 Å². The van der Waals surface area contributed by atoms with Crippen molar-refractivity contribution in [2.75, 3.05) is 6.54 Å². The van der Waals surface area contributed by atoms with Crippen molar-refractivity contribution in [1.82, 2.24) is 25.1 Å². The first-order valence-electron chi connectivity index (χ1n) is 6.93. The van der Waals surface area contributed by atoms with E-state index in [1.165, 1.54) is 5.56 Å². The minimum Gasteiger partial charge on any atom is -0.351 e. The molecule has 1 aliphatic rings. The number of nitrogens with one attached hydrogen (secondary N) is 2. The quantitative estimate of drug-likeness (QED) is 0.865. The minimum atomic E-state index is -0.0791. The standard InChI is InChI=1S/C14H19N5O/c1-8-9(2)18-19(10(8)3)7-12-16-11-5-4-6-15-14(20)13(11)17-12/h4-7H2,1-3H3,(H,15,20)(H,16,17). The van der Waals surface area contributed by atoms with Crippen molar-refractivity contribution in [1.29, 1.82) is 0 Å². The summed E-state index contributed by atoms with van der Waals surface area (Å²) < 4.78 is 1.93. The van der Waals surface area contributed by atoms with Crippen molar-refractivity contribution < 1.29 is 4.79 Å². The van der Waals surface area contributed by atoms with Crippen LogP contribution in [0.15, 0.2) is 0 Å². The van der Waals surface area contributed by atoms with E-state index in [-0.39, 0.29) is 5.91 Å². The molecular weight excluding hydrogens is 254 g/mol. The number of hydrogen-bond acceptors (Lipinski definition) is 3. The van der Waals surface area contributed by atoms with Gasteiger partial charge in [0.25, 0.3) is 5.91 Å². The largest absolute Gasteiger partial charge is 0.351 e. The molecule has 2 aromatic heterocycles. The summed E-state index contributed by atoms with van der Waals surface area (Å²) in [5.41, 5.74) is 4.85. The van der Waals surface area contributed by atoms with Gasteiger partial charge in [0.05, 0.1) is 12.2 Å². The predicted octanol–water partition coefficient (Wildman–Crippen LogP) is 1.26. The third kappa shape index (κ3) is 2.11. The molecule has 106 valence electrons. The summed E-state index contributed by atoms with van der Waals surface area (Å²) in [5, 5.41) is 7.36. The summed E-state index contributed by atoms with van der Waals surface area (Å²) in [5.74, 6) is 0.710. The summed E-state index contributed by atoms with van der Waals surface area (Å²) >= 11 is 0. The number of fused-ring (bicyclic) bond motifs is 1. The van der Waals surface area contributed by atoms with Crippen molar-refractivity contribution in [3.8, 4) is 0 Å². The lowest BCUT2D eigenvalue weighted by Crippen LogP contribution is -2.23. The molecule has 0 radical (unpaired) electrons. The third-order valence-electron chi connectivity index (χ3n) is 3.97. The fraction of sp³-hybridized carbons (Fsp3) is 0.500. The molecule has 3 heterocycles. The van der Waals surface area contributed by atoms with Crippen LogP contribution >= 0.6 is 0 Å². The number of rotatable bonds is 2. The lowest BCUT2D eigenvalue weighted by molar-refractivity contribution is 0.0951. The Morgan fingerprint density at radius 3 is 2.80 bits per heavy atom. The highest BCUT2D eigenvalue weighted by molar-refractivity contribution is 5.93. The predicted molar refractivity (Wildman–Crippen MR) is 74.8 cm³/mol. The first kappa shape index (κ1) is 12.9. The Hall–Kier alpha value is -2.11. The van der Waals surface area contributed by atoms with Gasteiger partial charge < -0.3 is 10.3 Å². The first-order valence-corrected chi connectivity index (χ1v) is 6.93. The zero-order valence-corrected chi connectivity index (χ0v) is 12.1. The molecule has 0 aromatic carbocycles. The van der Waals surface area contributed by atoms with E-state index in [2.05, 4.69) is 34.2 Å². The van der Waals surface area contributed by atoms with Crippen molar-refractivity contribution in [3.63, 3.8) is 0 Å². The Morgan fingerprint density at radius 2 is 2.10 bits per heavy atom. The monoisotopic (exact) mass is 273 g/mol. The number of carbonyl (C=O) groups excluding carboxylic acids is 1. The number of amides is 1. The average Bonchev–Trinajstić information content (AvgIpc) is 2.87. The van der Waals surface area contributed by atoms with Crippen LogP contribution in [0.3, 0.4) is 0 Å². The molecule has 1 aliphatic heterocycles. The fourth-order valence-electron chi connectivity index (χ4n) is 2.54. The molecule has 6 heteroatoms. The van der Waals surface area contributed by atoms with Crippen LogP contribution in [0.4, 0.5) is 0 Å². The number of aromatic amines is 1. The van der Waals surface area contributed by atoms with E-state index in [1.807, 2.05) is 11.6 Å². The van der Waals surface area contributed by atoms with Gasteiger partial charge >= 0.3 is 0 Å². The molecule has 6 nitrogen and oxygen atoms in total. The number of aryl methyl sites for hydroxylation is 2. The van der Waals surface area contributed by atoms with Crippen molar-refractivity contribution >= 4 is 5.91 Å². The second-order valence-electron chi connectivity index (χ2n) is 5.32. The Bertz CT molecular complexity index is 667. The maximum Gasteiger partial charge on any atom is 0.271 e. The minimum absolute atomic E-state index is 0.0791. The zero-order valence-electron chi connectivity index (χ0n) is 12.1. The number of aromatic nitrogens is 4. The molecular formula is C14H19N5O. The number of imidazole rings is 1. The van der Waals surface area contributed by atoms with Crippen LogP contribution in [0, 0.1) is 20.8 Å². The second-order valence-corrected chi connectivity index (χ2v) is 5.32. The summed E-state index contributed by atoms with van der Waals surface area (Å²) in [6, 6.07) is 0. The highest BCUT2D eigenvalue weighted by Crippen LogP contribution is 2.15. The number of H-pyrrole nitrogens is 1. The van der Waals surface area contributed by atoms with Gasteiger partial charge in [0.1, 0.15) is 11.5 Å². The smallest absolute Gasteiger partial charge is 0.271 e. The SMILES string of the molecule is Cc1nn(Cc2nc3c([nH]2)CCCNC3=O)c(C)c1C. The summed E-state index contributed by atoms with van der Waals surface area (Å²) in [6.45, 7) is 7.41. The van der Waals surface area contributed by atoms with E-state index in [9.17, 15) is 4.79 Å². The van der Waals surface area contributed by atoms with Crippen LogP contribution < -0.4 is 5.32 Å². The second kappa shape index (κ2) is 4.77. The normalized spacial score (nSPS) is 14.8. The molecule has 1 amide bonds. The Morgan fingerprint density at radius 1 is 1.30 bits per heavy atom. The zero-order chi connectivity index (χ0) is 14.3. The summed E-state index contributed by atoms with van der Waals surface area (Å²) in [7, 11) is 0. The van der Waals surface area contributed by atoms with Gasteiger partial charge in [-0.3, -0.25) is 9.48 Å². The van der Waals surface area contributed by atoms with Gasteiger partial charge in [-0.1, -0.05) is 0 Å². The van der Waals surface area contributed by atoms with E-state index >= 15 is 0 Å². The number of hydrogen-bond donors (Lipinski definition) is 2. The molecule has 20 heavy (non-hydrogen) atoms. The lowest BCUT2D eigenvalue weighted by atomic mass is 10.2. The van der Waals surface area contributed by atoms with Crippen LogP contribution in [-0.4, -0.2) is 32.2 Å². The van der Waals surface area contributed by atoms with E-state index in [0.29, 0.717) is 12.2 Å². The highest BCUT2D eigenvalue weighted by Gasteiger charge is 2.20. The van der Waals surface area contributed by atoms with Crippen molar-refractivity contribution in [2.45, 2.75) is 40.2 Å². The Balaban J connectivity index is 1.90. The van der Waals surface area contributed by atoms with Gasteiger partial charge in [-0.15, -0.1) is 0 Å². The molecule has 3 rings (SSSR count). The van der Waals surface area contributed by atoms with Crippen LogP contribution in [0.25, 0.3) is 0 Å². The van der Waals surface area contributed by atoms with Crippen molar-refractivity contribution in [3.05, 3.63) is 34.2 Å². The molecule has 0 unspecified atom stereocenters. The van der Waals surface area contributed by atoms with Crippen LogP contribution in [-0.2, 0) is 13.0 Å². The average molecular weight is 273 g/mol. The van der Waals surface area contributed by atoms with Gasteiger partial charge in [-0.05, 0) is 39.2 Å². The van der Waals surface area contributed by atoms with Crippen LogP contribution in [0.2, 0.25) is 0 Å². The molecule has 0 saturated heterocycles. The third-order valence-corrected chi connectivity index (χ3v) is 3.97. The fourth-order valence-corrected chi connectivity index (χ4v) is 2.54. The molecule has 0 aliphatic carbocycles. The molecule has 0 saturated carbocycles. The van der Waals surface area contributed by atoms with Gasteiger partial charge in [-0.25, -0.2) is 4.98 Å². The number of carbonyl (C=O) groups is 1. The van der Waals surface area contributed by atoms with E-state index in [4.69, 9.17) is 0 Å². The number of nitrogens with zero attached hydrogens (tertiary/aromatic N) is 3. The molecule has 0 atom stereocenters. The first-order chi connectivity index (χ1) is 9.56. The van der Waals surface area contributed by atoms with E-state index < -0.39 is 0 Å². The Labute approximate surface area is 117 Å². The van der Waals surface area contributed by atoms with Gasteiger partial charge in [0.15, 0.2) is 0 Å². The molecule has 2 N–H and O–H groups in total. The van der Waals surface area contributed by atoms with Gasteiger partial charge in [-0.2, -0.15) is 5.10 Å². The van der Waals surface area contributed by atoms with Crippen molar-refractivity contribution in [2.24, 2.45) is 0 Å². The topological polar surface area (TPSA) is 75.6 Å². The van der Waals surface area contributed by atoms with Gasteiger partial charge in [0, 0.05) is 17.9 Å². The summed E-state index contributed by atoms with van der Waals surface area (Å²) in [4.78, 5) is 19.6. The molecule has 0 fully saturated rings. The highest BCUT2D eigenvalue weighted by atomic mass is 16.1. The Kier molecular flexibility index (Phi) is 3.08. The maximum absolute atomic E-state index is 11.9. The summed E-state index contributed by atoms with van der Waals surface area (Å²) in [6.07, 6.45) is 1.80. The van der Waals surface area contributed by atoms with E-state index in [1.54, 1.807) is 0 Å². The van der Waals surface area contributed by atoms with Gasteiger partial charge in [0.2, 0.25) is 0 Å².